The molecule has 0 saturated carbocycles. The van der Waals surface area contributed by atoms with Gasteiger partial charge in [0.15, 0.2) is 0 Å². The lowest BCUT2D eigenvalue weighted by Crippen LogP contribution is -2.48. The van der Waals surface area contributed by atoms with Crippen LogP contribution in [0.5, 0.6) is 5.75 Å². The fourth-order valence-corrected chi connectivity index (χ4v) is 3.82. The minimum Gasteiger partial charge on any atom is -0.494 e. The molecule has 1 amide bonds. The molecule has 0 unspecified atom stereocenters. The third-order valence-corrected chi connectivity index (χ3v) is 5.37. The lowest BCUT2D eigenvalue weighted by Gasteiger charge is -2.29. The fourth-order valence-electron chi connectivity index (χ4n) is 2.62. The second-order valence-corrected chi connectivity index (χ2v) is 7.35. The summed E-state index contributed by atoms with van der Waals surface area (Å²) in [5.74, 6) is 0.447. The average molecular weight is 340 g/mol. The van der Waals surface area contributed by atoms with Crippen molar-refractivity contribution in [1.82, 2.24) is 9.62 Å². The number of likely N-dealkylation sites (tertiary alicyclic amines) is 1. The lowest BCUT2D eigenvalue weighted by atomic mass is 10.1. The van der Waals surface area contributed by atoms with Gasteiger partial charge in [0.1, 0.15) is 5.75 Å². The highest BCUT2D eigenvalue weighted by Crippen LogP contribution is 2.17. The van der Waals surface area contributed by atoms with E-state index in [1.54, 1.807) is 24.0 Å². The molecule has 1 N–H and O–H groups in total. The van der Waals surface area contributed by atoms with Crippen molar-refractivity contribution in [2.75, 3.05) is 19.7 Å². The van der Waals surface area contributed by atoms with Crippen molar-refractivity contribution in [2.45, 2.75) is 44.0 Å². The minimum atomic E-state index is -3.73. The molecule has 0 aliphatic carbocycles. The van der Waals surface area contributed by atoms with E-state index in [4.69, 9.17) is 4.74 Å². The molecule has 1 aliphatic heterocycles. The highest BCUT2D eigenvalue weighted by atomic mass is 32.2. The molecule has 1 saturated heterocycles. The molecule has 0 aromatic heterocycles. The number of benzene rings is 1. The van der Waals surface area contributed by atoms with Gasteiger partial charge in [-0.15, -0.1) is 0 Å². The van der Waals surface area contributed by atoms with Crippen LogP contribution in [0.15, 0.2) is 29.2 Å². The number of piperidine rings is 1. The Labute approximate surface area is 137 Å². The average Bonchev–Trinajstić information content (AvgIpc) is 2.55. The number of nitrogens with zero attached hydrogens (tertiary/aromatic N) is 1. The molecule has 7 heteroatoms. The van der Waals surface area contributed by atoms with E-state index in [1.807, 2.05) is 6.92 Å². The second kappa shape index (κ2) is 7.79. The normalized spacial score (nSPS) is 16.9. The van der Waals surface area contributed by atoms with E-state index in [9.17, 15) is 13.2 Å². The van der Waals surface area contributed by atoms with E-state index in [2.05, 4.69) is 4.72 Å². The van der Waals surface area contributed by atoms with Gasteiger partial charge in [0.05, 0.1) is 17.5 Å². The molecule has 0 radical (unpaired) electrons. The highest BCUT2D eigenvalue weighted by Gasteiger charge is 2.26. The van der Waals surface area contributed by atoms with Crippen molar-refractivity contribution in [1.29, 1.82) is 0 Å². The first-order chi connectivity index (χ1) is 10.9. The Morgan fingerprint density at radius 3 is 2.39 bits per heavy atom. The summed E-state index contributed by atoms with van der Waals surface area (Å²) in [4.78, 5) is 14.2. The molecule has 128 valence electrons. The van der Waals surface area contributed by atoms with Crippen molar-refractivity contribution in [3.8, 4) is 5.75 Å². The Balaban J connectivity index is 2.02. The molecule has 6 nitrogen and oxygen atoms in total. The third-order valence-electron chi connectivity index (χ3n) is 3.82. The zero-order valence-electron chi connectivity index (χ0n) is 13.6. The van der Waals surface area contributed by atoms with Gasteiger partial charge in [0.25, 0.3) is 0 Å². The largest absolute Gasteiger partial charge is 0.494 e. The fraction of sp³-hybridized carbons (Fsp3) is 0.562. The van der Waals surface area contributed by atoms with Crippen LogP contribution < -0.4 is 9.46 Å². The van der Waals surface area contributed by atoms with Gasteiger partial charge in [0.2, 0.25) is 15.9 Å². The Kier molecular flexibility index (Phi) is 6.01. The summed E-state index contributed by atoms with van der Waals surface area (Å²) in [6.07, 6.45) is 3.07. The van der Waals surface area contributed by atoms with E-state index in [-0.39, 0.29) is 10.8 Å². The number of rotatable bonds is 6. The van der Waals surface area contributed by atoms with Crippen molar-refractivity contribution in [2.24, 2.45) is 0 Å². The van der Waals surface area contributed by atoms with E-state index in [0.29, 0.717) is 25.4 Å². The van der Waals surface area contributed by atoms with Crippen LogP contribution >= 0.6 is 0 Å². The van der Waals surface area contributed by atoms with Crippen LogP contribution in [0.25, 0.3) is 0 Å². The molecule has 0 spiro atoms. The van der Waals surface area contributed by atoms with Crippen LogP contribution in [0.4, 0.5) is 0 Å². The Morgan fingerprint density at radius 1 is 1.22 bits per heavy atom. The first-order valence-corrected chi connectivity index (χ1v) is 9.46. The van der Waals surface area contributed by atoms with Crippen LogP contribution in [0.3, 0.4) is 0 Å². The summed E-state index contributed by atoms with van der Waals surface area (Å²) < 4.78 is 32.5. The van der Waals surface area contributed by atoms with E-state index >= 15 is 0 Å². The summed E-state index contributed by atoms with van der Waals surface area (Å²) in [5, 5.41) is 0. The molecular formula is C16H24N2O4S. The maximum absolute atomic E-state index is 12.4. The summed E-state index contributed by atoms with van der Waals surface area (Å²) in [5.41, 5.74) is 0. The first-order valence-electron chi connectivity index (χ1n) is 7.98. The van der Waals surface area contributed by atoms with Crippen LogP contribution in [0.1, 0.15) is 33.1 Å². The summed E-state index contributed by atoms with van der Waals surface area (Å²) in [6.45, 7) is 5.37. The molecule has 2 rings (SSSR count). The molecule has 1 aliphatic rings. The Morgan fingerprint density at radius 2 is 1.83 bits per heavy atom. The molecule has 1 aromatic carbocycles. The number of sulfonamides is 1. The second-order valence-electron chi connectivity index (χ2n) is 5.63. The van der Waals surface area contributed by atoms with Gasteiger partial charge in [-0.1, -0.05) is 0 Å². The van der Waals surface area contributed by atoms with E-state index < -0.39 is 16.1 Å². The van der Waals surface area contributed by atoms with Crippen LogP contribution in [-0.4, -0.2) is 45.0 Å². The molecule has 1 fully saturated rings. The summed E-state index contributed by atoms with van der Waals surface area (Å²) in [7, 11) is -3.73. The predicted octanol–water partition coefficient (Wildman–Crippen LogP) is 1.76. The molecule has 1 atom stereocenters. The van der Waals surface area contributed by atoms with Gasteiger partial charge >= 0.3 is 0 Å². The van der Waals surface area contributed by atoms with Crippen LogP contribution in [0, 0.1) is 0 Å². The zero-order valence-corrected chi connectivity index (χ0v) is 14.4. The third kappa shape index (κ3) is 4.68. The van der Waals surface area contributed by atoms with Gasteiger partial charge in [-0.05, 0) is 57.4 Å². The van der Waals surface area contributed by atoms with Crippen LogP contribution in [0.2, 0.25) is 0 Å². The standard InChI is InChI=1S/C16H24N2O4S/c1-3-22-14-7-9-15(10-8-14)23(20,21)17-13(2)16(19)18-11-5-4-6-12-18/h7-10,13,17H,3-6,11-12H2,1-2H3/t13-/m0/s1. The van der Waals surface area contributed by atoms with Crippen molar-refractivity contribution >= 4 is 15.9 Å². The van der Waals surface area contributed by atoms with Crippen molar-refractivity contribution in [3.63, 3.8) is 0 Å². The summed E-state index contributed by atoms with van der Waals surface area (Å²) in [6, 6.07) is 5.39. The smallest absolute Gasteiger partial charge is 0.241 e. The van der Waals surface area contributed by atoms with Gasteiger partial charge in [-0.2, -0.15) is 4.72 Å². The maximum Gasteiger partial charge on any atom is 0.241 e. The number of carbonyl (C=O) groups excluding carboxylic acids is 1. The molecule has 23 heavy (non-hydrogen) atoms. The summed E-state index contributed by atoms with van der Waals surface area (Å²) >= 11 is 0. The van der Waals surface area contributed by atoms with Gasteiger partial charge in [0, 0.05) is 13.1 Å². The van der Waals surface area contributed by atoms with E-state index in [0.717, 1.165) is 19.3 Å². The quantitative estimate of drug-likeness (QED) is 0.856. The Bertz CT molecular complexity index is 622. The monoisotopic (exact) mass is 340 g/mol. The molecular weight excluding hydrogens is 316 g/mol. The predicted molar refractivity (Wildman–Crippen MR) is 87.8 cm³/mol. The van der Waals surface area contributed by atoms with Gasteiger partial charge in [-0.3, -0.25) is 4.79 Å². The maximum atomic E-state index is 12.4. The number of carbonyl (C=O) groups is 1. The highest BCUT2D eigenvalue weighted by molar-refractivity contribution is 7.89. The topological polar surface area (TPSA) is 75.7 Å². The van der Waals surface area contributed by atoms with Gasteiger partial charge < -0.3 is 9.64 Å². The number of amides is 1. The number of nitrogens with one attached hydrogen (secondary N) is 1. The Hall–Kier alpha value is -1.60. The minimum absolute atomic E-state index is 0.124. The van der Waals surface area contributed by atoms with Crippen molar-refractivity contribution in [3.05, 3.63) is 24.3 Å². The SMILES string of the molecule is CCOc1ccc(S(=O)(=O)N[C@@H](C)C(=O)N2CCCCC2)cc1. The molecule has 1 heterocycles. The lowest BCUT2D eigenvalue weighted by molar-refractivity contribution is -0.133. The van der Waals surface area contributed by atoms with Crippen molar-refractivity contribution < 1.29 is 17.9 Å². The number of hydrogen-bond donors (Lipinski definition) is 1. The first kappa shape index (κ1) is 17.7. The van der Waals surface area contributed by atoms with E-state index in [1.165, 1.54) is 12.1 Å². The van der Waals surface area contributed by atoms with Crippen LogP contribution in [-0.2, 0) is 14.8 Å². The molecule has 1 aromatic rings. The van der Waals surface area contributed by atoms with Gasteiger partial charge in [-0.25, -0.2) is 8.42 Å². The number of hydrogen-bond acceptors (Lipinski definition) is 4. The zero-order chi connectivity index (χ0) is 16.9. The molecule has 0 bridgehead atoms. The number of ether oxygens (including phenoxy) is 1.